The molecule has 0 spiro atoms. The Morgan fingerprint density at radius 2 is 2.25 bits per heavy atom. The summed E-state index contributed by atoms with van der Waals surface area (Å²) in [5.41, 5.74) is 2.56. The van der Waals surface area contributed by atoms with Gasteiger partial charge in [0.1, 0.15) is 11.4 Å². The normalized spacial score (nSPS) is 17.4. The van der Waals surface area contributed by atoms with Crippen molar-refractivity contribution in [2.24, 2.45) is 0 Å². The molecule has 1 aliphatic heterocycles. The lowest BCUT2D eigenvalue weighted by Crippen LogP contribution is -2.30. The number of carbonyl (C=O) groups excluding carboxylic acids is 1. The number of H-pyrrole nitrogens is 1. The van der Waals surface area contributed by atoms with Crippen molar-refractivity contribution in [3.63, 3.8) is 0 Å². The summed E-state index contributed by atoms with van der Waals surface area (Å²) >= 11 is 0. The van der Waals surface area contributed by atoms with Crippen LogP contribution < -0.4 is 4.74 Å². The molecule has 1 fully saturated rings. The number of carbonyl (C=O) groups is 1. The maximum atomic E-state index is 13.1. The average Bonchev–Trinajstić information content (AvgIpc) is 3.28. The van der Waals surface area contributed by atoms with Gasteiger partial charge in [-0.3, -0.25) is 4.79 Å². The van der Waals surface area contributed by atoms with Gasteiger partial charge in [-0.2, -0.15) is 0 Å². The minimum Gasteiger partial charge on any atom is -0.497 e. The quantitative estimate of drug-likeness (QED) is 0.802. The maximum absolute atomic E-state index is 13.1. The van der Waals surface area contributed by atoms with E-state index >= 15 is 0 Å². The van der Waals surface area contributed by atoms with Crippen molar-refractivity contribution < 1.29 is 9.53 Å². The van der Waals surface area contributed by atoms with Gasteiger partial charge in [-0.15, -0.1) is 0 Å². The van der Waals surface area contributed by atoms with Gasteiger partial charge >= 0.3 is 0 Å². The highest BCUT2D eigenvalue weighted by molar-refractivity contribution is 6.06. The zero-order valence-electron chi connectivity index (χ0n) is 13.5. The molecule has 1 N–H and O–H groups in total. The number of hydrogen-bond acceptors (Lipinski definition) is 3. The third-order valence-electron chi connectivity index (χ3n) is 4.67. The Hall–Kier alpha value is -2.82. The van der Waals surface area contributed by atoms with Crippen molar-refractivity contribution in [2.75, 3.05) is 13.7 Å². The second-order valence-corrected chi connectivity index (χ2v) is 6.04. The highest BCUT2D eigenvalue weighted by atomic mass is 16.5. The van der Waals surface area contributed by atoms with Crippen molar-refractivity contribution in [1.29, 1.82) is 0 Å². The van der Waals surface area contributed by atoms with Gasteiger partial charge in [0.25, 0.3) is 5.91 Å². The van der Waals surface area contributed by atoms with Crippen molar-refractivity contribution in [3.8, 4) is 5.75 Å². The van der Waals surface area contributed by atoms with Gasteiger partial charge in [0.2, 0.25) is 0 Å². The van der Waals surface area contributed by atoms with Crippen molar-refractivity contribution in [1.82, 2.24) is 14.9 Å². The van der Waals surface area contributed by atoms with Crippen LogP contribution in [0.1, 0.15) is 34.8 Å². The highest BCUT2D eigenvalue weighted by Gasteiger charge is 2.31. The first-order valence-corrected chi connectivity index (χ1v) is 8.15. The zero-order valence-corrected chi connectivity index (χ0v) is 13.5. The van der Waals surface area contributed by atoms with Crippen LogP contribution in [0.2, 0.25) is 0 Å². The SMILES string of the molecule is COc1cccc([C@H]2CCCN2C(=O)c2c[nH]c3ncccc23)c1. The lowest BCUT2D eigenvalue weighted by Gasteiger charge is -2.25. The van der Waals surface area contributed by atoms with Crippen LogP contribution in [0, 0.1) is 0 Å². The lowest BCUT2D eigenvalue weighted by molar-refractivity contribution is 0.0737. The van der Waals surface area contributed by atoms with Gasteiger partial charge < -0.3 is 14.6 Å². The summed E-state index contributed by atoms with van der Waals surface area (Å²) in [7, 11) is 1.66. The number of nitrogens with one attached hydrogen (secondary N) is 1. The van der Waals surface area contributed by atoms with Gasteiger partial charge in [0.15, 0.2) is 0 Å². The number of nitrogens with zero attached hydrogens (tertiary/aromatic N) is 2. The zero-order chi connectivity index (χ0) is 16.5. The van der Waals surface area contributed by atoms with Gasteiger partial charge in [0.05, 0.1) is 18.7 Å². The number of aromatic amines is 1. The number of methoxy groups -OCH3 is 1. The van der Waals surface area contributed by atoms with Gasteiger partial charge in [-0.1, -0.05) is 12.1 Å². The van der Waals surface area contributed by atoms with Crippen LogP contribution in [-0.4, -0.2) is 34.4 Å². The summed E-state index contributed by atoms with van der Waals surface area (Å²) in [4.78, 5) is 22.4. The molecule has 0 aliphatic carbocycles. The fraction of sp³-hybridized carbons (Fsp3) is 0.263. The van der Waals surface area contributed by atoms with E-state index in [0.29, 0.717) is 5.56 Å². The summed E-state index contributed by atoms with van der Waals surface area (Å²) < 4.78 is 5.32. The number of ether oxygens (including phenoxy) is 1. The molecule has 3 heterocycles. The lowest BCUT2D eigenvalue weighted by atomic mass is 10.0. The molecule has 4 rings (SSSR count). The Morgan fingerprint density at radius 3 is 3.12 bits per heavy atom. The van der Waals surface area contributed by atoms with Crippen molar-refractivity contribution in [2.45, 2.75) is 18.9 Å². The minimum atomic E-state index is 0.0552. The van der Waals surface area contributed by atoms with E-state index in [2.05, 4.69) is 16.0 Å². The summed E-state index contributed by atoms with van der Waals surface area (Å²) in [5, 5.41) is 0.874. The second-order valence-electron chi connectivity index (χ2n) is 6.04. The predicted molar refractivity (Wildman–Crippen MR) is 92.1 cm³/mol. The molecule has 3 aromatic rings. The Bertz CT molecular complexity index is 887. The number of fused-ring (bicyclic) bond motifs is 1. The molecular weight excluding hydrogens is 302 g/mol. The summed E-state index contributed by atoms with van der Waals surface area (Å²) in [6, 6.07) is 11.9. The standard InChI is InChI=1S/C19H19N3O2/c1-24-14-6-2-5-13(11-14)17-8-4-10-22(17)19(23)16-12-21-18-15(16)7-3-9-20-18/h2-3,5-7,9,11-12,17H,4,8,10H2,1H3,(H,20,21)/t17-/m1/s1. The van der Waals surface area contributed by atoms with Crippen molar-refractivity contribution >= 4 is 16.9 Å². The monoisotopic (exact) mass is 321 g/mol. The predicted octanol–water partition coefficient (Wildman–Crippen LogP) is 3.55. The number of aromatic nitrogens is 2. The fourth-order valence-corrected chi connectivity index (χ4v) is 3.49. The molecule has 0 unspecified atom stereocenters. The molecule has 5 heteroatoms. The summed E-state index contributed by atoms with van der Waals surface area (Å²) in [6.07, 6.45) is 5.47. The van der Waals surface area contributed by atoms with E-state index in [-0.39, 0.29) is 11.9 Å². The average molecular weight is 321 g/mol. The van der Waals surface area contributed by atoms with E-state index in [9.17, 15) is 4.79 Å². The summed E-state index contributed by atoms with van der Waals surface area (Å²) in [6.45, 7) is 0.771. The topological polar surface area (TPSA) is 58.2 Å². The number of hydrogen-bond donors (Lipinski definition) is 1. The third kappa shape index (κ3) is 2.42. The molecule has 1 amide bonds. The van der Waals surface area contributed by atoms with Crippen LogP contribution >= 0.6 is 0 Å². The molecule has 24 heavy (non-hydrogen) atoms. The maximum Gasteiger partial charge on any atom is 0.256 e. The number of likely N-dealkylation sites (tertiary alicyclic amines) is 1. The van der Waals surface area contributed by atoms with Crippen LogP contribution in [0.15, 0.2) is 48.8 Å². The smallest absolute Gasteiger partial charge is 0.256 e. The van der Waals surface area contributed by atoms with Crippen LogP contribution in [0.3, 0.4) is 0 Å². The highest BCUT2D eigenvalue weighted by Crippen LogP contribution is 2.35. The number of benzene rings is 1. The number of rotatable bonds is 3. The summed E-state index contributed by atoms with van der Waals surface area (Å²) in [5.74, 6) is 0.877. The fourth-order valence-electron chi connectivity index (χ4n) is 3.49. The third-order valence-corrected chi connectivity index (χ3v) is 4.67. The Kier molecular flexibility index (Phi) is 3.69. The van der Waals surface area contributed by atoms with Gasteiger partial charge in [0, 0.05) is 24.3 Å². The van der Waals surface area contributed by atoms with E-state index in [0.717, 1.165) is 41.7 Å². The molecule has 1 atom stereocenters. The first-order valence-electron chi connectivity index (χ1n) is 8.15. The van der Waals surface area contributed by atoms with Crippen LogP contribution in [-0.2, 0) is 0 Å². The van der Waals surface area contributed by atoms with E-state index in [1.54, 1.807) is 19.5 Å². The molecular formula is C19H19N3O2. The van der Waals surface area contributed by atoms with Gasteiger partial charge in [-0.05, 0) is 42.7 Å². The first-order chi connectivity index (χ1) is 11.8. The molecule has 2 aromatic heterocycles. The molecule has 1 aromatic carbocycles. The first kappa shape index (κ1) is 14.8. The molecule has 1 saturated heterocycles. The van der Waals surface area contributed by atoms with Crippen LogP contribution in [0.25, 0.3) is 11.0 Å². The number of pyridine rings is 1. The molecule has 1 aliphatic rings. The largest absolute Gasteiger partial charge is 0.497 e. The van der Waals surface area contributed by atoms with Gasteiger partial charge in [-0.25, -0.2) is 4.98 Å². The van der Waals surface area contributed by atoms with Crippen LogP contribution in [0.4, 0.5) is 0 Å². The molecule has 5 nitrogen and oxygen atoms in total. The van der Waals surface area contributed by atoms with Crippen molar-refractivity contribution in [3.05, 3.63) is 59.9 Å². The molecule has 0 bridgehead atoms. The molecule has 122 valence electrons. The molecule has 0 radical (unpaired) electrons. The van der Waals surface area contributed by atoms with E-state index < -0.39 is 0 Å². The Labute approximate surface area is 140 Å². The van der Waals surface area contributed by atoms with Crippen LogP contribution in [0.5, 0.6) is 5.75 Å². The second kappa shape index (κ2) is 6.00. The number of amides is 1. The van der Waals surface area contributed by atoms with E-state index in [1.807, 2.05) is 35.2 Å². The Balaban J connectivity index is 1.68. The Morgan fingerprint density at radius 1 is 1.33 bits per heavy atom. The van der Waals surface area contributed by atoms with E-state index in [1.165, 1.54) is 0 Å². The molecule has 0 saturated carbocycles. The van der Waals surface area contributed by atoms with E-state index in [4.69, 9.17) is 4.74 Å². The minimum absolute atomic E-state index is 0.0552.